The van der Waals surface area contributed by atoms with E-state index in [-0.39, 0.29) is 5.41 Å². The molecule has 2 aliphatic rings. The molecule has 9 heteroatoms. The number of hydrogen-bond acceptors (Lipinski definition) is 8. The maximum atomic E-state index is 12.0. The van der Waals surface area contributed by atoms with Crippen molar-refractivity contribution in [1.29, 1.82) is 0 Å². The molecule has 0 N–H and O–H groups in total. The number of aromatic nitrogens is 1. The summed E-state index contributed by atoms with van der Waals surface area (Å²) in [5, 5.41) is 4.35. The van der Waals surface area contributed by atoms with Crippen LogP contribution in [0.15, 0.2) is 39.8 Å². The van der Waals surface area contributed by atoms with Crippen molar-refractivity contribution >= 4 is 29.4 Å². The minimum atomic E-state index is -0.469. The molecule has 1 spiro atoms. The first-order chi connectivity index (χ1) is 17.4. The third kappa shape index (κ3) is 4.15. The van der Waals surface area contributed by atoms with Crippen molar-refractivity contribution in [2.75, 3.05) is 39.8 Å². The number of anilines is 1. The van der Waals surface area contributed by atoms with Gasteiger partial charge in [0.1, 0.15) is 17.3 Å². The molecule has 1 saturated carbocycles. The predicted molar refractivity (Wildman–Crippen MR) is 140 cm³/mol. The number of nitrogens with zero attached hydrogens (tertiary/aromatic N) is 3. The van der Waals surface area contributed by atoms with Crippen LogP contribution in [0.5, 0.6) is 11.5 Å². The first-order valence-corrected chi connectivity index (χ1v) is 12.8. The fraction of sp³-hybridized carbons (Fsp3) is 0.407. The lowest BCUT2D eigenvalue weighted by molar-refractivity contribution is 0.0599. The smallest absolute Gasteiger partial charge is 0.338 e. The number of carbonyl (C=O) groups is 1. The van der Waals surface area contributed by atoms with Crippen LogP contribution in [0, 0.1) is 0 Å². The van der Waals surface area contributed by atoms with Gasteiger partial charge in [-0.05, 0) is 66.9 Å². The number of esters is 1. The Morgan fingerprint density at radius 3 is 2.50 bits per heavy atom. The van der Waals surface area contributed by atoms with Crippen LogP contribution in [0.25, 0.3) is 16.0 Å². The minimum Gasteiger partial charge on any atom is -0.495 e. The lowest BCUT2D eigenvalue weighted by atomic mass is 9.79. The fourth-order valence-corrected chi connectivity index (χ4v) is 5.74. The first kappa shape index (κ1) is 24.4. The van der Waals surface area contributed by atoms with Gasteiger partial charge < -0.3 is 28.4 Å². The van der Waals surface area contributed by atoms with Crippen LogP contribution < -0.4 is 14.4 Å². The SMILES string of the molecule is CCCN(C)c1ccc2c(c1)-c1onc([N-]Sc3c(OC)cc(C(=O)OC)cc3OC)c1CC21CC1. The molecule has 190 valence electrons. The highest BCUT2D eigenvalue weighted by atomic mass is 32.2. The second-order valence-corrected chi connectivity index (χ2v) is 10.1. The molecule has 0 atom stereocenters. The van der Waals surface area contributed by atoms with Crippen LogP contribution in [-0.2, 0) is 16.6 Å². The van der Waals surface area contributed by atoms with Gasteiger partial charge in [-0.3, -0.25) is 5.16 Å². The van der Waals surface area contributed by atoms with Crippen molar-refractivity contribution in [2.45, 2.75) is 42.9 Å². The molecule has 36 heavy (non-hydrogen) atoms. The summed E-state index contributed by atoms with van der Waals surface area (Å²) in [4.78, 5) is 15.0. The largest absolute Gasteiger partial charge is 0.495 e. The molecule has 3 aromatic rings. The third-order valence-electron chi connectivity index (χ3n) is 7.06. The van der Waals surface area contributed by atoms with E-state index in [1.54, 1.807) is 26.4 Å². The predicted octanol–water partition coefficient (Wildman–Crippen LogP) is 6.29. The maximum Gasteiger partial charge on any atom is 0.338 e. The highest BCUT2D eigenvalue weighted by Gasteiger charge is 2.49. The molecule has 1 heterocycles. The monoisotopic (exact) mass is 508 g/mol. The van der Waals surface area contributed by atoms with Gasteiger partial charge in [-0.15, -0.1) is 11.9 Å². The number of methoxy groups -OCH3 is 3. The summed E-state index contributed by atoms with van der Waals surface area (Å²) in [5.41, 5.74) is 5.15. The Balaban J connectivity index is 1.47. The second-order valence-electron chi connectivity index (χ2n) is 9.31. The van der Waals surface area contributed by atoms with E-state index in [0.717, 1.165) is 49.1 Å². The number of rotatable bonds is 9. The molecular weight excluding hydrogens is 478 g/mol. The van der Waals surface area contributed by atoms with Crippen molar-refractivity contribution < 1.29 is 23.5 Å². The molecule has 5 rings (SSSR count). The molecular formula is C27H30N3O5S-. The van der Waals surface area contributed by atoms with Gasteiger partial charge in [-0.1, -0.05) is 13.0 Å². The summed E-state index contributed by atoms with van der Waals surface area (Å²) in [6.07, 6.45) is 4.24. The van der Waals surface area contributed by atoms with E-state index in [1.807, 2.05) is 0 Å². The molecule has 0 amide bonds. The van der Waals surface area contributed by atoms with Crippen LogP contribution in [0.4, 0.5) is 11.5 Å². The second kappa shape index (κ2) is 9.61. The quantitative estimate of drug-likeness (QED) is 0.246. The van der Waals surface area contributed by atoms with Gasteiger partial charge in [0, 0.05) is 30.3 Å². The van der Waals surface area contributed by atoms with Crippen molar-refractivity contribution in [2.24, 2.45) is 0 Å². The molecule has 1 aromatic heterocycles. The van der Waals surface area contributed by atoms with E-state index >= 15 is 0 Å². The van der Waals surface area contributed by atoms with Gasteiger partial charge in [-0.25, -0.2) is 4.79 Å². The van der Waals surface area contributed by atoms with Crippen LogP contribution in [0.1, 0.15) is 47.7 Å². The van der Waals surface area contributed by atoms with Crippen molar-refractivity contribution in [3.8, 4) is 22.8 Å². The van der Waals surface area contributed by atoms with Gasteiger partial charge in [0.2, 0.25) is 0 Å². The number of hydrogen-bond donors (Lipinski definition) is 0. The standard InChI is InChI=1S/C27H30N3O5S/c1-6-11-30(2)17-7-8-20-18(14-17)23-19(15-27(20)9-10-27)25(28-35-23)29-36-24-21(32-3)12-16(26(31)34-5)13-22(24)33-4/h7-8,12-14H,6,9-11,15H2,1-5H3/q-1. The number of carbonyl (C=O) groups excluding carboxylic acids is 1. The third-order valence-corrected chi connectivity index (χ3v) is 7.91. The molecule has 0 aliphatic heterocycles. The zero-order valence-corrected chi connectivity index (χ0v) is 22.0. The maximum absolute atomic E-state index is 12.0. The summed E-state index contributed by atoms with van der Waals surface area (Å²) >= 11 is 1.19. The Hall–Kier alpha value is -3.33. The Morgan fingerprint density at radius 2 is 1.89 bits per heavy atom. The topological polar surface area (TPSA) is 88.1 Å². The molecule has 2 aliphatic carbocycles. The highest BCUT2D eigenvalue weighted by Crippen LogP contribution is 2.60. The summed E-state index contributed by atoms with van der Waals surface area (Å²) in [6, 6.07) is 9.94. The Labute approximate surface area is 215 Å². The van der Waals surface area contributed by atoms with Gasteiger partial charge in [0.15, 0.2) is 0 Å². The van der Waals surface area contributed by atoms with Gasteiger partial charge in [0.25, 0.3) is 0 Å². The zero-order chi connectivity index (χ0) is 25.4. The van der Waals surface area contributed by atoms with E-state index in [0.29, 0.717) is 27.8 Å². The molecule has 0 radical (unpaired) electrons. The summed E-state index contributed by atoms with van der Waals surface area (Å²) in [5.74, 6) is 1.83. The van der Waals surface area contributed by atoms with Crippen molar-refractivity contribution in [1.82, 2.24) is 5.16 Å². The summed E-state index contributed by atoms with van der Waals surface area (Å²) in [7, 11) is 6.53. The fourth-order valence-electron chi connectivity index (χ4n) is 4.95. The number of benzene rings is 2. The average molecular weight is 509 g/mol. The molecule has 0 unspecified atom stereocenters. The van der Waals surface area contributed by atoms with E-state index in [2.05, 4.69) is 42.2 Å². The van der Waals surface area contributed by atoms with Crippen LogP contribution in [0.3, 0.4) is 0 Å². The molecule has 1 fully saturated rings. The number of ether oxygens (including phenoxy) is 3. The molecule has 0 saturated heterocycles. The normalized spacial score (nSPS) is 14.6. The summed E-state index contributed by atoms with van der Waals surface area (Å²) < 4.78 is 26.5. The van der Waals surface area contributed by atoms with Gasteiger partial charge in [0.05, 0.1) is 31.8 Å². The van der Waals surface area contributed by atoms with E-state index in [1.165, 1.54) is 30.3 Å². The highest BCUT2D eigenvalue weighted by molar-refractivity contribution is 8.02. The van der Waals surface area contributed by atoms with Crippen LogP contribution in [-0.4, -0.2) is 46.0 Å². The molecule has 0 bridgehead atoms. The van der Waals surface area contributed by atoms with Crippen molar-refractivity contribution in [3.05, 3.63) is 51.7 Å². The van der Waals surface area contributed by atoms with Gasteiger partial charge >= 0.3 is 5.97 Å². The van der Waals surface area contributed by atoms with Crippen LogP contribution in [0.2, 0.25) is 0 Å². The van der Waals surface area contributed by atoms with Gasteiger partial charge in [-0.2, -0.15) is 0 Å². The molecule has 2 aromatic carbocycles. The Bertz CT molecular complexity index is 1280. The zero-order valence-electron chi connectivity index (χ0n) is 21.2. The summed E-state index contributed by atoms with van der Waals surface area (Å²) in [6.45, 7) is 3.17. The lowest BCUT2D eigenvalue weighted by Crippen LogP contribution is -2.20. The van der Waals surface area contributed by atoms with Crippen molar-refractivity contribution in [3.63, 3.8) is 0 Å². The average Bonchev–Trinajstić information content (AvgIpc) is 3.56. The first-order valence-electron chi connectivity index (χ1n) is 12.0. The van der Waals surface area contributed by atoms with E-state index < -0.39 is 5.97 Å². The Kier molecular flexibility index (Phi) is 6.51. The lowest BCUT2D eigenvalue weighted by Gasteiger charge is -2.28. The number of fused-ring (bicyclic) bond motifs is 4. The van der Waals surface area contributed by atoms with E-state index in [9.17, 15) is 4.79 Å². The Morgan fingerprint density at radius 1 is 1.17 bits per heavy atom. The minimum absolute atomic E-state index is 0.141. The van der Waals surface area contributed by atoms with E-state index in [4.69, 9.17) is 23.5 Å². The molecule has 8 nitrogen and oxygen atoms in total. The van der Waals surface area contributed by atoms with Crippen LogP contribution >= 0.6 is 11.9 Å².